The van der Waals surface area contributed by atoms with Gasteiger partial charge in [0.15, 0.2) is 0 Å². The molecule has 135 heavy (non-hydrogen) atoms. The van der Waals surface area contributed by atoms with Crippen LogP contribution in [0.1, 0.15) is 139 Å². The Morgan fingerprint density at radius 2 is 0.548 bits per heavy atom. The van der Waals surface area contributed by atoms with E-state index in [1.807, 2.05) is 0 Å². The maximum absolute atomic E-state index is 14.6. The smallest absolute Gasteiger partial charge is 0.326 e. The number of nitrogens with two attached hydrogens (primary N) is 2. The van der Waals surface area contributed by atoms with E-state index in [1.165, 1.54) is 109 Å². The van der Waals surface area contributed by atoms with Gasteiger partial charge in [-0.15, -0.1) is 0 Å². The maximum Gasteiger partial charge on any atom is 0.326 e. The zero-order valence-corrected chi connectivity index (χ0v) is 72.2. The van der Waals surface area contributed by atoms with Crippen LogP contribution < -0.4 is 54.0 Å². The third-order valence-electron chi connectivity index (χ3n) is 22.2. The number of amides is 8. The molecule has 10 aromatic rings. The summed E-state index contributed by atoms with van der Waals surface area (Å²) in [5.74, 6) is -16.4. The second-order valence-electron chi connectivity index (χ2n) is 31.9. The summed E-state index contributed by atoms with van der Waals surface area (Å²) in [4.78, 5) is 204. The van der Waals surface area contributed by atoms with Crippen LogP contribution in [0.25, 0.3) is 90.9 Å². The molecule has 37 heteroatoms. The van der Waals surface area contributed by atoms with E-state index in [2.05, 4.69) is 52.5 Å². The highest BCUT2D eigenvalue weighted by molar-refractivity contribution is 6.06. The number of carboxylic acid groups (broad SMARTS) is 6. The number of aliphatic carboxylic acids is 6. The molecule has 5 heterocycles. The van der Waals surface area contributed by atoms with Crippen LogP contribution in [0.2, 0.25) is 0 Å². The molecule has 12 rings (SSSR count). The van der Waals surface area contributed by atoms with Crippen LogP contribution in [0.4, 0.5) is 0 Å². The Morgan fingerprint density at radius 1 is 0.289 bits per heavy atom. The fraction of sp³-hybridized carbons (Fsp3) is 0.224. The van der Waals surface area contributed by atoms with Crippen LogP contribution in [-0.4, -0.2) is 211 Å². The number of hydrogen-bond donors (Lipinski definition) is 21. The highest BCUT2D eigenvalue weighted by Crippen LogP contribution is 2.40. The average Bonchev–Trinajstić information content (AvgIpc) is 1.61. The number of carbonyl (C=O) groups is 14. The normalized spacial score (nSPS) is 12.9. The SMILES string of the molecule is NCCCCCNC(=O)[C@H](CCCCN)NC(=O)c1ccc(-c2c3nc(c(-c4ccc(C(=O)N[C@@H](Cc5ccc(O)cc5)C(=O)N[C@@H](CC(=O)O)C(=O)O)cc4)c4ccc([nH]4)c(-c4ccc(C(=O)N[C@@H](Cc5ccc(O)cc5)C(=O)N[C@@H](CC(=O)O)C(=O)O)cc4)c4nc(c(-c5ccc(C(=O)N[C@@H](Cc6ccc(O)cc6)C(=O)N[C@@H](CC(=O)O)C(=O)O)cc5)c5ccc2[nH]5)C=C4)C=C3)cc1. The Labute approximate surface area is 769 Å². The first-order valence-electron chi connectivity index (χ1n) is 42.8. The number of carboxylic acids is 6. The Hall–Kier alpha value is -17.0. The third kappa shape index (κ3) is 25.8. The quantitative estimate of drug-likeness (QED) is 0.0161. The second kappa shape index (κ2) is 45.0. The monoisotopic (exact) mass is 1840 g/mol. The van der Waals surface area contributed by atoms with Gasteiger partial charge in [-0.1, -0.05) is 91.3 Å². The fourth-order valence-electron chi connectivity index (χ4n) is 15.3. The van der Waals surface area contributed by atoms with Crippen molar-refractivity contribution >= 4 is 129 Å². The van der Waals surface area contributed by atoms with Crippen LogP contribution >= 0.6 is 0 Å². The summed E-state index contributed by atoms with van der Waals surface area (Å²) in [7, 11) is 0. The molecule has 0 unspecified atom stereocenters. The minimum Gasteiger partial charge on any atom is -0.508 e. The molecule has 2 aliphatic rings. The number of H-pyrrole nitrogens is 2. The zero-order valence-electron chi connectivity index (χ0n) is 72.2. The number of rotatable bonds is 43. The van der Waals surface area contributed by atoms with Crippen molar-refractivity contribution < 1.29 is 113 Å². The first-order chi connectivity index (χ1) is 64.8. The van der Waals surface area contributed by atoms with Gasteiger partial charge in [0, 0.05) is 92.4 Å². The van der Waals surface area contributed by atoms with Gasteiger partial charge in [0.05, 0.1) is 42.0 Å². The molecule has 37 nitrogen and oxygen atoms in total. The summed E-state index contributed by atoms with van der Waals surface area (Å²) in [6.45, 7) is 1.23. The first kappa shape index (κ1) is 97.1. The molecule has 0 fully saturated rings. The number of fused-ring (bicyclic) bond motifs is 8. The Morgan fingerprint density at radius 3 is 0.800 bits per heavy atom. The second-order valence-corrected chi connectivity index (χ2v) is 31.9. The average molecular weight is 1840 g/mol. The van der Waals surface area contributed by atoms with Gasteiger partial charge in [0.1, 0.15) is 59.5 Å². The topological polar surface area (TPSA) is 627 Å². The summed E-state index contributed by atoms with van der Waals surface area (Å²) >= 11 is 0. The van der Waals surface area contributed by atoms with Crippen LogP contribution in [0, 0.1) is 0 Å². The lowest BCUT2D eigenvalue weighted by Gasteiger charge is -2.21. The van der Waals surface area contributed by atoms with Gasteiger partial charge in [0.25, 0.3) is 23.6 Å². The predicted molar refractivity (Wildman–Crippen MR) is 495 cm³/mol. The van der Waals surface area contributed by atoms with E-state index < -0.39 is 139 Å². The van der Waals surface area contributed by atoms with Crippen LogP contribution in [-0.2, 0) is 67.2 Å². The summed E-state index contributed by atoms with van der Waals surface area (Å²) in [5.41, 5.74) is 19.2. The largest absolute Gasteiger partial charge is 0.508 e. The molecule has 0 spiro atoms. The third-order valence-corrected chi connectivity index (χ3v) is 22.2. The number of aromatic hydroxyl groups is 3. The molecule has 0 radical (unpaired) electrons. The molecule has 8 amide bonds. The van der Waals surface area contributed by atoms with Crippen molar-refractivity contribution in [2.75, 3.05) is 19.6 Å². The lowest BCUT2D eigenvalue weighted by atomic mass is 10.0. The summed E-state index contributed by atoms with van der Waals surface area (Å²) < 4.78 is 0. The van der Waals surface area contributed by atoms with Crippen molar-refractivity contribution in [1.82, 2.24) is 62.5 Å². The van der Waals surface area contributed by atoms with E-state index in [4.69, 9.17) is 21.4 Å². The van der Waals surface area contributed by atoms with Crippen molar-refractivity contribution in [3.05, 3.63) is 256 Å². The highest BCUT2D eigenvalue weighted by atomic mass is 16.4. The summed E-state index contributed by atoms with van der Waals surface area (Å²) in [6, 6.07) is 37.7. The molecule has 7 atom stereocenters. The van der Waals surface area contributed by atoms with Gasteiger partial charge in [-0.05, 0) is 218 Å². The lowest BCUT2D eigenvalue weighted by Crippen LogP contribution is -2.53. The van der Waals surface area contributed by atoms with E-state index in [-0.39, 0.29) is 70.4 Å². The van der Waals surface area contributed by atoms with Crippen molar-refractivity contribution in [2.24, 2.45) is 11.5 Å². The van der Waals surface area contributed by atoms with E-state index in [1.54, 1.807) is 109 Å². The fourth-order valence-corrected chi connectivity index (χ4v) is 15.3. The number of aromatic amines is 2. The van der Waals surface area contributed by atoms with Gasteiger partial charge in [0.2, 0.25) is 23.6 Å². The number of nitrogens with zero attached hydrogens (tertiary/aromatic N) is 2. The van der Waals surface area contributed by atoms with Gasteiger partial charge < -0.3 is 110 Å². The van der Waals surface area contributed by atoms with Gasteiger partial charge in [-0.3, -0.25) is 52.7 Å². The van der Waals surface area contributed by atoms with Crippen molar-refractivity contribution in [1.29, 1.82) is 0 Å². The number of phenolic OH excluding ortho intramolecular Hbond substituents is 3. The number of aromatic nitrogens is 4. The number of nitrogens with one attached hydrogen (secondary N) is 10. The van der Waals surface area contributed by atoms with Crippen LogP contribution in [0.5, 0.6) is 17.2 Å². The molecule has 7 aromatic carbocycles. The Kier molecular flexibility index (Phi) is 32.4. The van der Waals surface area contributed by atoms with Gasteiger partial charge >= 0.3 is 35.8 Å². The highest BCUT2D eigenvalue weighted by Gasteiger charge is 2.34. The number of hydrogen-bond acceptors (Lipinski definition) is 21. The van der Waals surface area contributed by atoms with Crippen LogP contribution in [0.3, 0.4) is 0 Å². The molecule has 23 N–H and O–H groups in total. The molecule has 0 saturated carbocycles. The van der Waals surface area contributed by atoms with Gasteiger partial charge in [-0.2, -0.15) is 0 Å². The van der Waals surface area contributed by atoms with E-state index in [0.29, 0.717) is 146 Å². The molecule has 0 saturated heterocycles. The molecule has 3 aromatic heterocycles. The van der Waals surface area contributed by atoms with E-state index in [0.717, 1.165) is 12.8 Å². The van der Waals surface area contributed by atoms with Crippen molar-refractivity contribution in [2.45, 2.75) is 119 Å². The lowest BCUT2D eigenvalue weighted by molar-refractivity contribution is -0.147. The summed E-state index contributed by atoms with van der Waals surface area (Å²) in [5, 5.41) is 109. The maximum atomic E-state index is 14.6. The number of benzene rings is 7. The first-order valence-corrected chi connectivity index (χ1v) is 42.8. The molecule has 8 bridgehead atoms. The van der Waals surface area contributed by atoms with Crippen molar-refractivity contribution in [3.63, 3.8) is 0 Å². The number of phenols is 3. The molecular formula is C98H96N14O23. The molecular weight excluding hydrogens is 1740 g/mol. The summed E-state index contributed by atoms with van der Waals surface area (Å²) in [6.07, 6.45) is 6.85. The Bertz CT molecular complexity index is 6230. The molecule has 2 aliphatic heterocycles. The molecule has 696 valence electrons. The minimum atomic E-state index is -1.90. The molecule has 0 aliphatic carbocycles. The van der Waals surface area contributed by atoms with Crippen LogP contribution in [0.15, 0.2) is 194 Å². The predicted octanol–water partition coefficient (Wildman–Crippen LogP) is 8.07. The zero-order chi connectivity index (χ0) is 96.7. The van der Waals surface area contributed by atoms with Gasteiger partial charge in [-0.25, -0.2) is 24.4 Å². The van der Waals surface area contributed by atoms with E-state index in [9.17, 15) is 113 Å². The number of carbonyl (C=O) groups excluding carboxylic acids is 8. The number of unbranched alkanes of at least 4 members (excludes halogenated alkanes) is 3. The minimum absolute atomic E-state index is 0.0136. The van der Waals surface area contributed by atoms with Crippen molar-refractivity contribution in [3.8, 4) is 61.8 Å². The Balaban J connectivity index is 1.03. The van der Waals surface area contributed by atoms with E-state index >= 15 is 0 Å². The standard InChI is InChI=1S/C98H96N14O23/c99-43-3-1-5-45-101-92(126)74(6-2-4-44-100)106-88(122)59-21-13-55(14-22-59)84-66-35-37-68(102-66)85(56-15-23-60(24-16-56)89(123)107-75(46-52-7-29-63(113)30-8-52)93(127)110-78(96(130)131)49-81(116)117)70-39-41-72(104-70)87(58-19-27-62(28-20-58)91(125)109-77(48-54-11-33-65(115)34-12-54)95(129)112-80(98(134)135)51-83(120)121)73-42-40-71(105-73)86(69-38-36-67(84)103-69)57-17-25-61(26-18-57)90(124)108-76(47-53-9-31-64(114)32-10-53)94(128)111-79(97(132)133)50-82(118)119/h7-42,74-80,102,105,113-115H,1-6,43-51,99-100H2,(H,101,126)(H,106,122)(H,107,123)(H,108,124)(H,109,125)(H,110,127)(H,111,128)(H,112,129)(H,116,117)(H,118,119)(H,120,121)(H,130,131)(H,132,133)(H,134,135)/t74-,75-,76-,77-,78-,79-,80-/m0/s1.